The first-order valence-electron chi connectivity index (χ1n) is 6.11. The van der Waals surface area contributed by atoms with Gasteiger partial charge < -0.3 is 9.84 Å². The zero-order valence-electron chi connectivity index (χ0n) is 10.7. The van der Waals surface area contributed by atoms with Gasteiger partial charge in [-0.1, -0.05) is 25.1 Å². The average molecular weight is 254 g/mol. The first kappa shape index (κ1) is 14.4. The molecule has 1 unspecified atom stereocenters. The summed E-state index contributed by atoms with van der Waals surface area (Å²) in [6.07, 6.45) is 1.05. The molecule has 0 fully saturated rings. The van der Waals surface area contributed by atoms with Crippen molar-refractivity contribution in [3.05, 3.63) is 29.8 Å². The van der Waals surface area contributed by atoms with E-state index in [4.69, 9.17) is 9.84 Å². The van der Waals surface area contributed by atoms with E-state index in [1.54, 1.807) is 0 Å². The summed E-state index contributed by atoms with van der Waals surface area (Å²) in [5, 5.41) is 8.88. The van der Waals surface area contributed by atoms with Gasteiger partial charge in [-0.05, 0) is 42.4 Å². The van der Waals surface area contributed by atoms with Crippen LogP contribution in [0.25, 0.3) is 0 Å². The predicted octanol–water partition coefficient (Wildman–Crippen LogP) is 3.13. The van der Waals surface area contributed by atoms with Crippen LogP contribution < -0.4 is 4.74 Å². The fourth-order valence-corrected chi connectivity index (χ4v) is 2.40. The maximum Gasteiger partial charge on any atom is 0.122 e. The number of ether oxygens (including phenoxy) is 1. The molecule has 1 atom stereocenters. The highest BCUT2D eigenvalue weighted by atomic mass is 32.2. The second kappa shape index (κ2) is 8.43. The molecule has 1 rings (SSSR count). The van der Waals surface area contributed by atoms with E-state index < -0.39 is 0 Å². The molecular formula is C14H22O2S. The van der Waals surface area contributed by atoms with Gasteiger partial charge in [-0.15, -0.1) is 0 Å². The molecule has 0 spiro atoms. The van der Waals surface area contributed by atoms with Crippen molar-refractivity contribution >= 4 is 11.8 Å². The Kier molecular flexibility index (Phi) is 7.13. The Morgan fingerprint density at radius 1 is 1.35 bits per heavy atom. The second-order valence-corrected chi connectivity index (χ2v) is 5.48. The van der Waals surface area contributed by atoms with Gasteiger partial charge in [-0.2, -0.15) is 11.8 Å². The van der Waals surface area contributed by atoms with Gasteiger partial charge in [-0.25, -0.2) is 0 Å². The van der Waals surface area contributed by atoms with Crippen LogP contribution in [0, 0.1) is 12.8 Å². The molecule has 3 heteroatoms. The molecule has 0 amide bonds. The van der Waals surface area contributed by atoms with Gasteiger partial charge in [0.05, 0.1) is 6.61 Å². The predicted molar refractivity (Wildman–Crippen MR) is 74.9 cm³/mol. The molecule has 0 aliphatic rings. The Morgan fingerprint density at radius 3 is 2.82 bits per heavy atom. The standard InChI is InChI=1S/C14H22O2S/c1-12(10-15)11-17-9-5-8-16-14-7-4-3-6-13(14)2/h3-4,6-7,12,15H,5,8-11H2,1-2H3. The third-order valence-electron chi connectivity index (χ3n) is 2.50. The minimum Gasteiger partial charge on any atom is -0.493 e. The molecule has 0 heterocycles. The van der Waals surface area contributed by atoms with E-state index in [9.17, 15) is 0 Å². The van der Waals surface area contributed by atoms with Crippen molar-refractivity contribution in [2.45, 2.75) is 20.3 Å². The minimum absolute atomic E-state index is 0.284. The Balaban J connectivity index is 2.07. The molecule has 0 aliphatic heterocycles. The third kappa shape index (κ3) is 5.99. The summed E-state index contributed by atoms with van der Waals surface area (Å²) in [5.41, 5.74) is 1.19. The van der Waals surface area contributed by atoms with E-state index in [2.05, 4.69) is 19.9 Å². The Morgan fingerprint density at radius 2 is 2.12 bits per heavy atom. The lowest BCUT2D eigenvalue weighted by atomic mass is 10.2. The molecule has 0 aromatic heterocycles. The maximum atomic E-state index is 8.88. The van der Waals surface area contributed by atoms with Crippen LogP contribution in [0.5, 0.6) is 5.75 Å². The second-order valence-electron chi connectivity index (χ2n) is 4.33. The highest BCUT2D eigenvalue weighted by molar-refractivity contribution is 7.99. The van der Waals surface area contributed by atoms with Crippen LogP contribution in [0.1, 0.15) is 18.9 Å². The fraction of sp³-hybridized carbons (Fsp3) is 0.571. The summed E-state index contributed by atoms with van der Waals surface area (Å²) in [7, 11) is 0. The highest BCUT2D eigenvalue weighted by Crippen LogP contribution is 2.16. The smallest absolute Gasteiger partial charge is 0.122 e. The van der Waals surface area contributed by atoms with Crippen molar-refractivity contribution in [3.8, 4) is 5.75 Å². The third-order valence-corrected chi connectivity index (χ3v) is 3.88. The van der Waals surface area contributed by atoms with Crippen molar-refractivity contribution in [2.24, 2.45) is 5.92 Å². The molecule has 0 bridgehead atoms. The minimum atomic E-state index is 0.284. The van der Waals surface area contributed by atoms with Crippen LogP contribution in [0.3, 0.4) is 0 Å². The van der Waals surface area contributed by atoms with Crippen LogP contribution in [-0.4, -0.2) is 29.8 Å². The van der Waals surface area contributed by atoms with Crippen LogP contribution in [0.2, 0.25) is 0 Å². The van der Waals surface area contributed by atoms with Crippen molar-refractivity contribution in [2.75, 3.05) is 24.7 Å². The molecule has 96 valence electrons. The number of benzene rings is 1. The van der Waals surface area contributed by atoms with Crippen LogP contribution >= 0.6 is 11.8 Å². The summed E-state index contributed by atoms with van der Waals surface area (Å²) in [6, 6.07) is 8.09. The number of para-hydroxylation sites is 1. The zero-order valence-corrected chi connectivity index (χ0v) is 11.5. The number of hydrogen-bond acceptors (Lipinski definition) is 3. The number of thioether (sulfide) groups is 1. The first-order valence-corrected chi connectivity index (χ1v) is 7.26. The van der Waals surface area contributed by atoms with Crippen LogP contribution in [0.4, 0.5) is 0 Å². The summed E-state index contributed by atoms with van der Waals surface area (Å²) in [6.45, 7) is 5.18. The number of aryl methyl sites for hydroxylation is 1. The van der Waals surface area contributed by atoms with Crippen molar-refractivity contribution < 1.29 is 9.84 Å². The largest absolute Gasteiger partial charge is 0.493 e. The van der Waals surface area contributed by atoms with Crippen LogP contribution in [-0.2, 0) is 0 Å². The summed E-state index contributed by atoms with van der Waals surface area (Å²) in [5.74, 6) is 3.51. The zero-order chi connectivity index (χ0) is 12.5. The molecule has 0 aliphatic carbocycles. The van der Waals surface area contributed by atoms with E-state index in [-0.39, 0.29) is 6.61 Å². The fourth-order valence-electron chi connectivity index (χ4n) is 1.40. The topological polar surface area (TPSA) is 29.5 Å². The number of aliphatic hydroxyl groups is 1. The van der Waals surface area contributed by atoms with Gasteiger partial charge in [0.15, 0.2) is 0 Å². The summed E-state index contributed by atoms with van der Waals surface area (Å²) in [4.78, 5) is 0. The maximum absolute atomic E-state index is 8.88. The molecule has 0 saturated heterocycles. The van der Waals surface area contributed by atoms with E-state index in [0.29, 0.717) is 5.92 Å². The van der Waals surface area contributed by atoms with Gasteiger partial charge in [0, 0.05) is 6.61 Å². The SMILES string of the molecule is Cc1ccccc1OCCCSCC(C)CO. The van der Waals surface area contributed by atoms with Gasteiger partial charge in [-0.3, -0.25) is 0 Å². The van der Waals surface area contributed by atoms with Crippen LogP contribution in [0.15, 0.2) is 24.3 Å². The van der Waals surface area contributed by atoms with Crippen molar-refractivity contribution in [3.63, 3.8) is 0 Å². The normalized spacial score (nSPS) is 12.4. The van der Waals surface area contributed by atoms with Gasteiger partial charge >= 0.3 is 0 Å². The molecule has 0 saturated carbocycles. The number of aliphatic hydroxyl groups excluding tert-OH is 1. The summed E-state index contributed by atoms with van der Waals surface area (Å²) >= 11 is 1.89. The molecule has 1 aromatic carbocycles. The Labute approximate surface area is 108 Å². The van der Waals surface area contributed by atoms with Gasteiger partial charge in [0.1, 0.15) is 5.75 Å². The molecular weight excluding hydrogens is 232 g/mol. The first-order chi connectivity index (χ1) is 8.24. The van der Waals surface area contributed by atoms with Gasteiger partial charge in [0.2, 0.25) is 0 Å². The highest BCUT2D eigenvalue weighted by Gasteiger charge is 2.00. The lowest BCUT2D eigenvalue weighted by molar-refractivity contribution is 0.250. The average Bonchev–Trinajstić information content (AvgIpc) is 2.35. The monoisotopic (exact) mass is 254 g/mol. The molecule has 1 aromatic rings. The number of hydrogen-bond donors (Lipinski definition) is 1. The summed E-state index contributed by atoms with van der Waals surface area (Å²) < 4.78 is 5.71. The van der Waals surface area contributed by atoms with E-state index in [1.807, 2.05) is 30.0 Å². The Hall–Kier alpha value is -0.670. The lowest BCUT2D eigenvalue weighted by Crippen LogP contribution is -2.05. The molecule has 0 radical (unpaired) electrons. The van der Waals surface area contributed by atoms with Crippen molar-refractivity contribution in [1.82, 2.24) is 0 Å². The lowest BCUT2D eigenvalue weighted by Gasteiger charge is -2.09. The molecule has 1 N–H and O–H groups in total. The molecule has 2 nitrogen and oxygen atoms in total. The Bertz CT molecular complexity index is 315. The van der Waals surface area contributed by atoms with Gasteiger partial charge in [0.25, 0.3) is 0 Å². The quantitative estimate of drug-likeness (QED) is 0.723. The van der Waals surface area contributed by atoms with E-state index >= 15 is 0 Å². The number of rotatable bonds is 8. The van der Waals surface area contributed by atoms with E-state index in [0.717, 1.165) is 30.3 Å². The molecule has 17 heavy (non-hydrogen) atoms. The van der Waals surface area contributed by atoms with E-state index in [1.165, 1.54) is 5.56 Å². The van der Waals surface area contributed by atoms with Crippen molar-refractivity contribution in [1.29, 1.82) is 0 Å².